The number of carbonyl (C=O) groups excluding carboxylic acids is 1. The molecule has 0 unspecified atom stereocenters. The molecule has 0 saturated carbocycles. The Bertz CT molecular complexity index is 346. The summed E-state index contributed by atoms with van der Waals surface area (Å²) in [5, 5.41) is 3.33. The van der Waals surface area contributed by atoms with Gasteiger partial charge in [0.2, 0.25) is 0 Å². The van der Waals surface area contributed by atoms with E-state index in [1.54, 1.807) is 6.20 Å². The van der Waals surface area contributed by atoms with Crippen LogP contribution in [0.4, 0.5) is 0 Å². The molecule has 0 aliphatic heterocycles. The van der Waals surface area contributed by atoms with Crippen molar-refractivity contribution in [3.8, 4) is 0 Å². The molecule has 0 spiro atoms. The number of Topliss-reactive ketones (excluding diaryl/α,β-unsaturated/α-hetero) is 1. The molecular weight excluding hydrogens is 212 g/mol. The van der Waals surface area contributed by atoms with Crippen LogP contribution in [0, 0.1) is 5.92 Å². The fraction of sp³-hybridized carbons (Fsp3) is 0.571. The normalized spacial score (nSPS) is 13.1. The van der Waals surface area contributed by atoms with Crippen LogP contribution in [0.5, 0.6) is 0 Å². The summed E-state index contributed by atoms with van der Waals surface area (Å²) in [6.07, 6.45) is 4.28. The van der Waals surface area contributed by atoms with E-state index in [0.29, 0.717) is 12.5 Å². The lowest BCUT2D eigenvalue weighted by molar-refractivity contribution is -0.124. The maximum Gasteiger partial charge on any atom is 0.152 e. The molecule has 0 bridgehead atoms. The van der Waals surface area contributed by atoms with Crippen LogP contribution in [0.1, 0.15) is 33.3 Å². The summed E-state index contributed by atoms with van der Waals surface area (Å²) in [7, 11) is 0. The van der Waals surface area contributed by atoms with Crippen molar-refractivity contribution in [1.82, 2.24) is 10.3 Å². The Labute approximate surface area is 104 Å². The first-order chi connectivity index (χ1) is 8.00. The molecule has 3 nitrogen and oxygen atoms in total. The molecule has 1 aromatic rings. The van der Waals surface area contributed by atoms with Crippen LogP contribution in [-0.4, -0.2) is 22.9 Å². The van der Waals surface area contributed by atoms with Crippen LogP contribution >= 0.6 is 0 Å². The SMILES string of the molecule is CC(C)N[C@@H](Cc1cccnc1)C(=O)C(C)C. The highest BCUT2D eigenvalue weighted by atomic mass is 16.1. The summed E-state index contributed by atoms with van der Waals surface area (Å²) in [6, 6.07) is 4.11. The Balaban J connectivity index is 2.74. The van der Waals surface area contributed by atoms with Crippen LogP contribution < -0.4 is 5.32 Å². The third kappa shape index (κ3) is 4.65. The maximum absolute atomic E-state index is 12.1. The van der Waals surface area contributed by atoms with E-state index in [4.69, 9.17) is 0 Å². The van der Waals surface area contributed by atoms with Crippen molar-refractivity contribution in [3.05, 3.63) is 30.1 Å². The molecule has 0 aliphatic carbocycles. The highest BCUT2D eigenvalue weighted by molar-refractivity contribution is 5.86. The van der Waals surface area contributed by atoms with E-state index in [0.717, 1.165) is 5.56 Å². The van der Waals surface area contributed by atoms with Crippen LogP contribution in [0.15, 0.2) is 24.5 Å². The van der Waals surface area contributed by atoms with E-state index in [-0.39, 0.29) is 17.7 Å². The summed E-state index contributed by atoms with van der Waals surface area (Å²) < 4.78 is 0. The number of ketones is 1. The van der Waals surface area contributed by atoms with Crippen molar-refractivity contribution in [2.45, 2.75) is 46.2 Å². The predicted molar refractivity (Wildman–Crippen MR) is 69.8 cm³/mol. The molecule has 0 saturated heterocycles. The second-order valence-electron chi connectivity index (χ2n) is 5.00. The predicted octanol–water partition coefficient (Wildman–Crippen LogP) is 2.22. The van der Waals surface area contributed by atoms with E-state index < -0.39 is 0 Å². The van der Waals surface area contributed by atoms with E-state index in [2.05, 4.69) is 24.1 Å². The van der Waals surface area contributed by atoms with Gasteiger partial charge in [-0.15, -0.1) is 0 Å². The lowest BCUT2D eigenvalue weighted by Gasteiger charge is -2.21. The number of carbonyl (C=O) groups is 1. The monoisotopic (exact) mass is 234 g/mol. The van der Waals surface area contributed by atoms with Crippen molar-refractivity contribution in [2.24, 2.45) is 5.92 Å². The molecule has 0 aromatic carbocycles. The Morgan fingerprint density at radius 2 is 2.06 bits per heavy atom. The van der Waals surface area contributed by atoms with Crippen LogP contribution in [0.2, 0.25) is 0 Å². The molecule has 0 radical (unpaired) electrons. The topological polar surface area (TPSA) is 42.0 Å². The summed E-state index contributed by atoms with van der Waals surface area (Å²) in [6.45, 7) is 8.01. The van der Waals surface area contributed by atoms with Crippen molar-refractivity contribution < 1.29 is 4.79 Å². The fourth-order valence-electron chi connectivity index (χ4n) is 1.80. The van der Waals surface area contributed by atoms with E-state index >= 15 is 0 Å². The van der Waals surface area contributed by atoms with Gasteiger partial charge in [0.25, 0.3) is 0 Å². The zero-order valence-corrected chi connectivity index (χ0v) is 11.1. The van der Waals surface area contributed by atoms with Crippen molar-refractivity contribution in [1.29, 1.82) is 0 Å². The zero-order valence-electron chi connectivity index (χ0n) is 11.1. The molecule has 1 N–H and O–H groups in total. The first-order valence-electron chi connectivity index (χ1n) is 6.19. The van der Waals surface area contributed by atoms with Crippen LogP contribution in [0.3, 0.4) is 0 Å². The lowest BCUT2D eigenvalue weighted by Crippen LogP contribution is -2.44. The molecule has 1 heterocycles. The second-order valence-corrected chi connectivity index (χ2v) is 5.00. The summed E-state index contributed by atoms with van der Waals surface area (Å²) in [4.78, 5) is 16.2. The van der Waals surface area contributed by atoms with Gasteiger partial charge in [0.1, 0.15) is 0 Å². The van der Waals surface area contributed by atoms with Gasteiger partial charge < -0.3 is 5.32 Å². The standard InChI is InChI=1S/C14H22N2O/c1-10(2)14(17)13(16-11(3)4)8-12-6-5-7-15-9-12/h5-7,9-11,13,16H,8H2,1-4H3/t13-/m0/s1. The van der Waals surface area contributed by atoms with E-state index in [1.165, 1.54) is 0 Å². The number of hydrogen-bond donors (Lipinski definition) is 1. The van der Waals surface area contributed by atoms with E-state index in [1.807, 2.05) is 32.2 Å². The van der Waals surface area contributed by atoms with Crippen LogP contribution in [0.25, 0.3) is 0 Å². The van der Waals surface area contributed by atoms with Crippen molar-refractivity contribution >= 4 is 5.78 Å². The number of nitrogens with one attached hydrogen (secondary N) is 1. The number of aromatic nitrogens is 1. The molecule has 17 heavy (non-hydrogen) atoms. The van der Waals surface area contributed by atoms with Crippen molar-refractivity contribution in [3.63, 3.8) is 0 Å². The van der Waals surface area contributed by atoms with Gasteiger partial charge in [-0.05, 0) is 18.1 Å². The number of rotatable bonds is 6. The maximum atomic E-state index is 12.1. The highest BCUT2D eigenvalue weighted by Gasteiger charge is 2.21. The van der Waals surface area contributed by atoms with Gasteiger partial charge in [0.15, 0.2) is 5.78 Å². The highest BCUT2D eigenvalue weighted by Crippen LogP contribution is 2.08. The molecule has 1 rings (SSSR count). The smallest absolute Gasteiger partial charge is 0.152 e. The van der Waals surface area contributed by atoms with E-state index in [9.17, 15) is 4.79 Å². The quantitative estimate of drug-likeness (QED) is 0.820. The Kier molecular flexibility index (Phi) is 5.29. The minimum Gasteiger partial charge on any atom is -0.305 e. The molecule has 1 aromatic heterocycles. The molecule has 3 heteroatoms. The van der Waals surface area contributed by atoms with Gasteiger partial charge in [0.05, 0.1) is 6.04 Å². The first-order valence-corrected chi connectivity index (χ1v) is 6.19. The average molecular weight is 234 g/mol. The van der Waals surface area contributed by atoms with Gasteiger partial charge in [-0.2, -0.15) is 0 Å². The minimum atomic E-state index is -0.112. The largest absolute Gasteiger partial charge is 0.305 e. The lowest BCUT2D eigenvalue weighted by atomic mass is 9.96. The Hall–Kier alpha value is -1.22. The summed E-state index contributed by atoms with van der Waals surface area (Å²) in [5.41, 5.74) is 1.10. The third-order valence-corrected chi connectivity index (χ3v) is 2.61. The average Bonchev–Trinajstić information content (AvgIpc) is 2.28. The van der Waals surface area contributed by atoms with Crippen LogP contribution in [-0.2, 0) is 11.2 Å². The van der Waals surface area contributed by atoms with Gasteiger partial charge in [-0.1, -0.05) is 33.8 Å². The minimum absolute atomic E-state index is 0.0583. The number of nitrogens with zero attached hydrogens (tertiary/aromatic N) is 1. The second kappa shape index (κ2) is 6.50. The molecule has 94 valence electrons. The Morgan fingerprint density at radius 3 is 2.53 bits per heavy atom. The molecular formula is C14H22N2O. The summed E-state index contributed by atoms with van der Waals surface area (Å²) >= 11 is 0. The summed E-state index contributed by atoms with van der Waals surface area (Å²) in [5.74, 6) is 0.325. The third-order valence-electron chi connectivity index (χ3n) is 2.61. The number of pyridine rings is 1. The first kappa shape index (κ1) is 13.8. The van der Waals surface area contributed by atoms with Gasteiger partial charge >= 0.3 is 0 Å². The molecule has 0 amide bonds. The van der Waals surface area contributed by atoms with Gasteiger partial charge in [-0.3, -0.25) is 9.78 Å². The molecule has 0 aliphatic rings. The van der Waals surface area contributed by atoms with Crippen molar-refractivity contribution in [2.75, 3.05) is 0 Å². The molecule has 1 atom stereocenters. The number of hydrogen-bond acceptors (Lipinski definition) is 3. The molecule has 0 fully saturated rings. The fourth-order valence-corrected chi connectivity index (χ4v) is 1.80. The van der Waals surface area contributed by atoms with Gasteiger partial charge in [0, 0.05) is 24.4 Å². The Morgan fingerprint density at radius 1 is 1.35 bits per heavy atom. The zero-order chi connectivity index (χ0) is 12.8. The van der Waals surface area contributed by atoms with Gasteiger partial charge in [-0.25, -0.2) is 0 Å².